The number of anilines is 1. The van der Waals surface area contributed by atoms with E-state index in [1.54, 1.807) is 30.5 Å². The average molecular weight is 441 g/mol. The van der Waals surface area contributed by atoms with Crippen LogP contribution < -0.4 is 4.90 Å². The SMILES string of the molecule is CCCCc1ccc(N2C(=O)C(=O)/C(=C(\O)c3ccc(CC)cc3)C2c2ccccn2)cc1. The van der Waals surface area contributed by atoms with Crippen LogP contribution in [0.1, 0.15) is 55.1 Å². The van der Waals surface area contributed by atoms with E-state index in [-0.39, 0.29) is 11.3 Å². The fourth-order valence-corrected chi connectivity index (χ4v) is 4.17. The van der Waals surface area contributed by atoms with Gasteiger partial charge in [0, 0.05) is 17.4 Å². The number of benzene rings is 2. The molecule has 5 heteroatoms. The zero-order chi connectivity index (χ0) is 23.4. The Hall–Kier alpha value is -3.73. The predicted octanol–water partition coefficient (Wildman–Crippen LogP) is 5.61. The maximum Gasteiger partial charge on any atom is 0.300 e. The first-order chi connectivity index (χ1) is 16.0. The van der Waals surface area contributed by atoms with Crippen LogP contribution in [-0.2, 0) is 22.4 Å². The molecular weight excluding hydrogens is 412 g/mol. The van der Waals surface area contributed by atoms with Crippen LogP contribution in [0.15, 0.2) is 78.5 Å². The Labute approximate surface area is 194 Å². The molecule has 1 N–H and O–H groups in total. The molecule has 2 heterocycles. The molecule has 0 saturated carbocycles. The first-order valence-electron chi connectivity index (χ1n) is 11.4. The normalized spacial score (nSPS) is 17.5. The van der Waals surface area contributed by atoms with E-state index in [0.29, 0.717) is 16.9 Å². The molecule has 5 nitrogen and oxygen atoms in total. The quantitative estimate of drug-likeness (QED) is 0.294. The van der Waals surface area contributed by atoms with Crippen molar-refractivity contribution in [3.8, 4) is 0 Å². The fourth-order valence-electron chi connectivity index (χ4n) is 4.17. The molecule has 0 spiro atoms. The van der Waals surface area contributed by atoms with Crippen LogP contribution in [0.2, 0.25) is 0 Å². The summed E-state index contributed by atoms with van der Waals surface area (Å²) in [5.74, 6) is -1.56. The second kappa shape index (κ2) is 9.82. The lowest BCUT2D eigenvalue weighted by Crippen LogP contribution is -2.29. The van der Waals surface area contributed by atoms with E-state index in [4.69, 9.17) is 0 Å². The van der Waals surface area contributed by atoms with Gasteiger partial charge in [0.25, 0.3) is 11.7 Å². The van der Waals surface area contributed by atoms with Gasteiger partial charge in [-0.3, -0.25) is 19.5 Å². The highest BCUT2D eigenvalue weighted by atomic mass is 16.3. The maximum atomic E-state index is 13.2. The van der Waals surface area contributed by atoms with Gasteiger partial charge in [-0.1, -0.05) is 62.7 Å². The molecule has 168 valence electrons. The number of hydrogen-bond acceptors (Lipinski definition) is 4. The molecule has 1 aliphatic rings. The van der Waals surface area contributed by atoms with Gasteiger partial charge in [0.15, 0.2) is 0 Å². The summed E-state index contributed by atoms with van der Waals surface area (Å²) >= 11 is 0. The highest BCUT2D eigenvalue weighted by Gasteiger charge is 2.47. The molecule has 3 aromatic rings. The van der Waals surface area contributed by atoms with Crippen LogP contribution in [0.5, 0.6) is 0 Å². The van der Waals surface area contributed by atoms with Crippen molar-refractivity contribution in [1.82, 2.24) is 4.98 Å². The van der Waals surface area contributed by atoms with E-state index in [1.807, 2.05) is 42.5 Å². The van der Waals surface area contributed by atoms with Crippen LogP contribution in [-0.4, -0.2) is 21.8 Å². The van der Waals surface area contributed by atoms with Gasteiger partial charge in [0.1, 0.15) is 11.8 Å². The summed E-state index contributed by atoms with van der Waals surface area (Å²) in [5, 5.41) is 11.2. The predicted molar refractivity (Wildman–Crippen MR) is 130 cm³/mol. The van der Waals surface area contributed by atoms with E-state index in [2.05, 4.69) is 18.8 Å². The van der Waals surface area contributed by atoms with Crippen molar-refractivity contribution in [2.24, 2.45) is 0 Å². The van der Waals surface area contributed by atoms with Crippen molar-refractivity contribution in [2.75, 3.05) is 4.90 Å². The topological polar surface area (TPSA) is 70.5 Å². The van der Waals surface area contributed by atoms with Crippen LogP contribution in [0, 0.1) is 0 Å². The Morgan fingerprint density at radius 2 is 1.64 bits per heavy atom. The van der Waals surface area contributed by atoms with Crippen molar-refractivity contribution < 1.29 is 14.7 Å². The molecule has 4 rings (SSSR count). The monoisotopic (exact) mass is 440 g/mol. The third-order valence-electron chi connectivity index (χ3n) is 6.08. The molecule has 0 aliphatic carbocycles. The molecule has 1 fully saturated rings. The highest BCUT2D eigenvalue weighted by molar-refractivity contribution is 6.51. The van der Waals surface area contributed by atoms with Gasteiger partial charge in [-0.05, 0) is 54.7 Å². The smallest absolute Gasteiger partial charge is 0.300 e. The molecule has 1 unspecified atom stereocenters. The molecule has 1 aliphatic heterocycles. The van der Waals surface area contributed by atoms with Gasteiger partial charge in [0.05, 0.1) is 11.3 Å². The number of ketones is 1. The number of unbranched alkanes of at least 4 members (excludes halogenated alkanes) is 1. The summed E-state index contributed by atoms with van der Waals surface area (Å²) in [6.45, 7) is 4.20. The van der Waals surface area contributed by atoms with E-state index >= 15 is 0 Å². The molecule has 1 saturated heterocycles. The number of amides is 1. The number of nitrogens with zero attached hydrogens (tertiary/aromatic N) is 2. The van der Waals surface area contributed by atoms with E-state index in [0.717, 1.165) is 31.2 Å². The third kappa shape index (κ3) is 4.44. The average Bonchev–Trinajstić information content (AvgIpc) is 3.13. The number of carbonyl (C=O) groups is 2. The maximum absolute atomic E-state index is 13.2. The van der Waals surface area contributed by atoms with Crippen molar-refractivity contribution in [3.63, 3.8) is 0 Å². The lowest BCUT2D eigenvalue weighted by atomic mass is 9.97. The van der Waals surface area contributed by atoms with Crippen LogP contribution in [0.25, 0.3) is 5.76 Å². The minimum atomic E-state index is -0.807. The second-order valence-electron chi connectivity index (χ2n) is 8.24. The summed E-state index contributed by atoms with van der Waals surface area (Å²) < 4.78 is 0. The number of Topliss-reactive ketones (excluding diaryl/α,β-unsaturated/α-hetero) is 1. The summed E-state index contributed by atoms with van der Waals surface area (Å²) in [4.78, 5) is 32.2. The molecule has 1 atom stereocenters. The summed E-state index contributed by atoms with van der Waals surface area (Å²) in [6, 6.07) is 19.6. The van der Waals surface area contributed by atoms with Gasteiger partial charge < -0.3 is 5.11 Å². The van der Waals surface area contributed by atoms with Crippen molar-refractivity contribution >= 4 is 23.1 Å². The molecule has 33 heavy (non-hydrogen) atoms. The van der Waals surface area contributed by atoms with Gasteiger partial charge in [0.2, 0.25) is 0 Å². The lowest BCUT2D eigenvalue weighted by Gasteiger charge is -2.24. The first kappa shape index (κ1) is 22.5. The first-order valence-corrected chi connectivity index (χ1v) is 11.4. The Morgan fingerprint density at radius 3 is 2.24 bits per heavy atom. The van der Waals surface area contributed by atoms with Gasteiger partial charge in [-0.2, -0.15) is 0 Å². The van der Waals surface area contributed by atoms with Crippen molar-refractivity contribution in [1.29, 1.82) is 0 Å². The summed E-state index contributed by atoms with van der Waals surface area (Å²) in [6.07, 6.45) is 5.66. The molecule has 1 aromatic heterocycles. The minimum Gasteiger partial charge on any atom is -0.507 e. The van der Waals surface area contributed by atoms with E-state index in [9.17, 15) is 14.7 Å². The number of aliphatic hydroxyl groups excluding tert-OH is 1. The number of carbonyl (C=O) groups excluding carboxylic acids is 2. The molecule has 1 amide bonds. The summed E-state index contributed by atoms with van der Waals surface area (Å²) in [7, 11) is 0. The van der Waals surface area contributed by atoms with Gasteiger partial charge in [-0.15, -0.1) is 0 Å². The van der Waals surface area contributed by atoms with Crippen LogP contribution >= 0.6 is 0 Å². The number of pyridine rings is 1. The van der Waals surface area contributed by atoms with E-state index in [1.165, 1.54) is 10.5 Å². The Kier molecular flexibility index (Phi) is 6.68. The standard InChI is InChI=1S/C28H28N2O3/c1-3-5-8-20-12-16-22(17-13-20)30-25(23-9-6-7-18-29-23)24(27(32)28(30)33)26(31)21-14-10-19(4-2)11-15-21/h6-7,9-18,25,31H,3-5,8H2,1-2H3/b26-24-. The number of aliphatic hydroxyl groups is 1. The number of hydrogen-bond donors (Lipinski definition) is 1. The van der Waals surface area contributed by atoms with Crippen LogP contribution in [0.3, 0.4) is 0 Å². The molecule has 0 radical (unpaired) electrons. The summed E-state index contributed by atoms with van der Waals surface area (Å²) in [5.41, 5.74) is 3.99. The zero-order valence-corrected chi connectivity index (χ0v) is 19.0. The van der Waals surface area contributed by atoms with Gasteiger partial charge in [-0.25, -0.2) is 0 Å². The van der Waals surface area contributed by atoms with Crippen LogP contribution in [0.4, 0.5) is 5.69 Å². The zero-order valence-electron chi connectivity index (χ0n) is 19.0. The largest absolute Gasteiger partial charge is 0.507 e. The van der Waals surface area contributed by atoms with Crippen molar-refractivity contribution in [3.05, 3.63) is 101 Å². The molecule has 2 aromatic carbocycles. The van der Waals surface area contributed by atoms with Crippen molar-refractivity contribution in [2.45, 2.75) is 45.6 Å². The Bertz CT molecular complexity index is 1170. The van der Waals surface area contributed by atoms with Gasteiger partial charge >= 0.3 is 0 Å². The molecular formula is C28H28N2O3. The number of aromatic nitrogens is 1. The minimum absolute atomic E-state index is 0.0537. The number of rotatable bonds is 7. The Balaban J connectivity index is 1.82. The Morgan fingerprint density at radius 1 is 0.939 bits per heavy atom. The second-order valence-corrected chi connectivity index (χ2v) is 8.24. The number of aryl methyl sites for hydroxylation is 2. The lowest BCUT2D eigenvalue weighted by molar-refractivity contribution is -0.132. The van der Waals surface area contributed by atoms with E-state index < -0.39 is 17.7 Å². The third-order valence-corrected chi connectivity index (χ3v) is 6.08. The highest BCUT2D eigenvalue weighted by Crippen LogP contribution is 2.41. The fraction of sp³-hybridized carbons (Fsp3) is 0.250. The molecule has 0 bridgehead atoms.